The van der Waals surface area contributed by atoms with Crippen LogP contribution in [0.2, 0.25) is 0 Å². The van der Waals surface area contributed by atoms with E-state index in [1.165, 1.54) is 11.1 Å². The highest BCUT2D eigenvalue weighted by molar-refractivity contribution is 5.81. The van der Waals surface area contributed by atoms with Crippen molar-refractivity contribution >= 4 is 11.9 Å². The molecule has 0 spiro atoms. The molecule has 2 rings (SSSR count). The minimum atomic E-state index is 0.108. The van der Waals surface area contributed by atoms with Crippen molar-refractivity contribution < 1.29 is 4.79 Å². The number of benzene rings is 2. The van der Waals surface area contributed by atoms with Crippen LogP contribution in [0.15, 0.2) is 65.7 Å². The smallest absolute Gasteiger partial charge is 0.223 e. The Bertz CT molecular complexity index is 689. The van der Waals surface area contributed by atoms with Crippen LogP contribution in [0.5, 0.6) is 0 Å². The highest BCUT2D eigenvalue weighted by Crippen LogP contribution is 2.27. The van der Waals surface area contributed by atoms with Crippen LogP contribution < -0.4 is 10.6 Å². The fourth-order valence-electron chi connectivity index (χ4n) is 3.06. The lowest BCUT2D eigenvalue weighted by Crippen LogP contribution is -2.39. The van der Waals surface area contributed by atoms with Crippen LogP contribution in [0.4, 0.5) is 0 Å². The summed E-state index contributed by atoms with van der Waals surface area (Å²) in [6.07, 6.45) is 1.37. The van der Waals surface area contributed by atoms with E-state index in [1.807, 2.05) is 19.1 Å². The summed E-state index contributed by atoms with van der Waals surface area (Å²) in [6.45, 7) is 4.10. The second kappa shape index (κ2) is 11.8. The summed E-state index contributed by atoms with van der Waals surface area (Å²) >= 11 is 0. The van der Waals surface area contributed by atoms with Gasteiger partial charge >= 0.3 is 0 Å². The summed E-state index contributed by atoms with van der Waals surface area (Å²) in [5.74, 6) is 1.18. The monoisotopic (exact) mass is 380 g/mol. The van der Waals surface area contributed by atoms with E-state index in [9.17, 15) is 4.79 Å². The predicted molar refractivity (Wildman–Crippen MR) is 117 cm³/mol. The van der Waals surface area contributed by atoms with Crippen LogP contribution in [0, 0.1) is 0 Å². The van der Waals surface area contributed by atoms with Crippen LogP contribution in [0.25, 0.3) is 0 Å². The minimum absolute atomic E-state index is 0.108. The van der Waals surface area contributed by atoms with Gasteiger partial charge in [0.1, 0.15) is 0 Å². The molecule has 2 aromatic carbocycles. The Morgan fingerprint density at radius 1 is 0.964 bits per heavy atom. The van der Waals surface area contributed by atoms with Gasteiger partial charge in [0.2, 0.25) is 5.91 Å². The number of rotatable bonds is 9. The van der Waals surface area contributed by atoms with Crippen molar-refractivity contribution in [2.45, 2.75) is 25.7 Å². The number of guanidine groups is 1. The Kier molecular flexibility index (Phi) is 9.05. The third-order valence-electron chi connectivity index (χ3n) is 4.57. The molecule has 28 heavy (non-hydrogen) atoms. The molecule has 0 saturated carbocycles. The molecule has 0 unspecified atom stereocenters. The zero-order valence-electron chi connectivity index (χ0n) is 17.2. The zero-order chi connectivity index (χ0) is 20.2. The first-order valence-electron chi connectivity index (χ1n) is 9.94. The number of carbonyl (C=O) groups is 1. The number of hydrogen-bond donors (Lipinski definition) is 2. The van der Waals surface area contributed by atoms with Crippen LogP contribution in [-0.2, 0) is 4.79 Å². The van der Waals surface area contributed by atoms with E-state index >= 15 is 0 Å². The van der Waals surface area contributed by atoms with Gasteiger partial charge in [0.25, 0.3) is 0 Å². The third kappa shape index (κ3) is 7.06. The molecule has 0 aliphatic heterocycles. The molecule has 150 valence electrons. The maximum absolute atomic E-state index is 11.7. The Balaban J connectivity index is 2.00. The molecular formula is C23H32N4O. The van der Waals surface area contributed by atoms with E-state index in [-0.39, 0.29) is 5.91 Å². The van der Waals surface area contributed by atoms with E-state index in [2.05, 4.69) is 59.2 Å². The van der Waals surface area contributed by atoms with Crippen LogP contribution in [-0.4, -0.2) is 50.5 Å². The second-order valence-electron chi connectivity index (χ2n) is 6.89. The number of carbonyl (C=O) groups excluding carboxylic acids is 1. The van der Waals surface area contributed by atoms with Gasteiger partial charge in [0.15, 0.2) is 5.96 Å². The molecule has 5 nitrogen and oxygen atoms in total. The molecular weight excluding hydrogens is 348 g/mol. The molecule has 0 heterocycles. The van der Waals surface area contributed by atoms with Gasteiger partial charge in [0, 0.05) is 46.1 Å². The summed E-state index contributed by atoms with van der Waals surface area (Å²) in [5, 5.41) is 6.50. The highest BCUT2D eigenvalue weighted by atomic mass is 16.2. The fraction of sp³-hybridized carbons (Fsp3) is 0.391. The molecule has 0 aliphatic rings. The van der Waals surface area contributed by atoms with Crippen LogP contribution in [0.1, 0.15) is 36.8 Å². The van der Waals surface area contributed by atoms with Crippen molar-refractivity contribution in [1.29, 1.82) is 0 Å². The average Bonchev–Trinajstić information content (AvgIpc) is 2.72. The van der Waals surface area contributed by atoms with Gasteiger partial charge in [-0.2, -0.15) is 0 Å². The minimum Gasteiger partial charge on any atom is -0.357 e. The van der Waals surface area contributed by atoms with E-state index in [4.69, 9.17) is 4.99 Å². The van der Waals surface area contributed by atoms with E-state index in [0.717, 1.165) is 18.9 Å². The van der Waals surface area contributed by atoms with Crippen LogP contribution >= 0.6 is 0 Å². The van der Waals surface area contributed by atoms with E-state index in [0.29, 0.717) is 25.4 Å². The summed E-state index contributed by atoms with van der Waals surface area (Å²) in [6, 6.07) is 21.1. The number of nitrogens with one attached hydrogen (secondary N) is 2. The lowest BCUT2D eigenvalue weighted by molar-refractivity contribution is -0.128. The van der Waals surface area contributed by atoms with E-state index < -0.39 is 0 Å². The summed E-state index contributed by atoms with van der Waals surface area (Å²) in [5.41, 5.74) is 2.61. The van der Waals surface area contributed by atoms with Crippen molar-refractivity contribution in [1.82, 2.24) is 15.5 Å². The standard InChI is InChI=1S/C23H32N4O/c1-4-24-23(26-18-16-22(28)27(2)3)25-17-15-21(19-11-7-5-8-12-19)20-13-9-6-10-14-20/h5-14,21H,4,15-18H2,1-3H3,(H2,24,25,26). The first kappa shape index (κ1) is 21.5. The maximum Gasteiger partial charge on any atom is 0.223 e. The Morgan fingerprint density at radius 3 is 2.04 bits per heavy atom. The van der Waals surface area contributed by atoms with Crippen molar-refractivity contribution in [3.63, 3.8) is 0 Å². The first-order chi connectivity index (χ1) is 13.6. The average molecular weight is 381 g/mol. The molecule has 2 aromatic rings. The van der Waals surface area contributed by atoms with Gasteiger partial charge in [-0.05, 0) is 24.5 Å². The summed E-state index contributed by atoms with van der Waals surface area (Å²) in [7, 11) is 3.55. The number of aliphatic imine (C=N–C) groups is 1. The lowest BCUT2D eigenvalue weighted by Gasteiger charge is -2.18. The van der Waals surface area contributed by atoms with Crippen molar-refractivity contribution in [3.05, 3.63) is 71.8 Å². The normalized spacial score (nSPS) is 11.4. The van der Waals surface area contributed by atoms with Gasteiger partial charge in [-0.3, -0.25) is 9.79 Å². The molecule has 0 aliphatic carbocycles. The van der Waals surface area contributed by atoms with Crippen molar-refractivity contribution in [2.24, 2.45) is 4.99 Å². The van der Waals surface area contributed by atoms with Gasteiger partial charge in [-0.15, -0.1) is 0 Å². The molecule has 0 fully saturated rings. The molecule has 0 bridgehead atoms. The molecule has 0 atom stereocenters. The Labute approximate surface area is 168 Å². The fourth-order valence-corrected chi connectivity index (χ4v) is 3.06. The molecule has 0 aromatic heterocycles. The number of hydrogen-bond acceptors (Lipinski definition) is 2. The molecule has 1 amide bonds. The highest BCUT2D eigenvalue weighted by Gasteiger charge is 2.13. The largest absolute Gasteiger partial charge is 0.357 e. The molecule has 0 radical (unpaired) electrons. The Morgan fingerprint density at radius 2 is 1.54 bits per heavy atom. The molecule has 0 saturated heterocycles. The topological polar surface area (TPSA) is 56.7 Å². The lowest BCUT2D eigenvalue weighted by atomic mass is 9.89. The van der Waals surface area contributed by atoms with Crippen molar-refractivity contribution in [3.8, 4) is 0 Å². The maximum atomic E-state index is 11.7. The third-order valence-corrected chi connectivity index (χ3v) is 4.57. The van der Waals surface area contributed by atoms with Gasteiger partial charge in [-0.1, -0.05) is 60.7 Å². The molecule has 2 N–H and O–H groups in total. The molecule has 5 heteroatoms. The van der Waals surface area contributed by atoms with Crippen LogP contribution in [0.3, 0.4) is 0 Å². The summed E-state index contributed by atoms with van der Waals surface area (Å²) in [4.78, 5) is 18.0. The van der Waals surface area contributed by atoms with Gasteiger partial charge < -0.3 is 15.5 Å². The summed E-state index contributed by atoms with van der Waals surface area (Å²) < 4.78 is 0. The van der Waals surface area contributed by atoms with E-state index in [1.54, 1.807) is 19.0 Å². The number of amides is 1. The zero-order valence-corrected chi connectivity index (χ0v) is 17.2. The van der Waals surface area contributed by atoms with Gasteiger partial charge in [0.05, 0.1) is 0 Å². The number of nitrogens with zero attached hydrogens (tertiary/aromatic N) is 2. The predicted octanol–water partition coefficient (Wildman–Crippen LogP) is 3.24. The quantitative estimate of drug-likeness (QED) is 0.519. The Hall–Kier alpha value is -2.82. The second-order valence-corrected chi connectivity index (χ2v) is 6.89. The van der Waals surface area contributed by atoms with Gasteiger partial charge in [-0.25, -0.2) is 0 Å². The SMILES string of the molecule is CCNC(=NCCC(c1ccccc1)c1ccccc1)NCCC(=O)N(C)C. The van der Waals surface area contributed by atoms with Crippen molar-refractivity contribution in [2.75, 3.05) is 33.7 Å². The first-order valence-corrected chi connectivity index (χ1v) is 9.94.